The van der Waals surface area contributed by atoms with Crippen molar-refractivity contribution in [3.63, 3.8) is 0 Å². The molecule has 1 atom stereocenters. The van der Waals surface area contributed by atoms with E-state index in [2.05, 4.69) is 10.2 Å². The predicted molar refractivity (Wildman–Crippen MR) is 69.2 cm³/mol. The van der Waals surface area contributed by atoms with Gasteiger partial charge in [0.15, 0.2) is 5.82 Å². The van der Waals surface area contributed by atoms with Gasteiger partial charge in [-0.1, -0.05) is 24.3 Å². The summed E-state index contributed by atoms with van der Waals surface area (Å²) in [5, 5.41) is 19.8. The third-order valence-corrected chi connectivity index (χ3v) is 3.11. The number of aromatic nitrogens is 2. The van der Waals surface area contributed by atoms with E-state index < -0.39 is 0 Å². The monoisotopic (exact) mass is 231 g/mol. The topological polar surface area (TPSA) is 49.2 Å². The normalized spacial score (nSPS) is 12.7. The molecule has 2 rings (SSSR count). The summed E-state index contributed by atoms with van der Waals surface area (Å²) < 4.78 is 0. The van der Waals surface area contributed by atoms with Gasteiger partial charge in [-0.2, -0.15) is 5.10 Å². The Kier molecular flexibility index (Phi) is 3.24. The van der Waals surface area contributed by atoms with Crippen LogP contribution in [0, 0.1) is 6.92 Å². The van der Waals surface area contributed by atoms with Gasteiger partial charge in [-0.05, 0) is 13.8 Å². The first-order valence-electron chi connectivity index (χ1n) is 5.71. The molecule has 0 radical (unpaired) electrons. The van der Waals surface area contributed by atoms with E-state index >= 15 is 0 Å². The largest absolute Gasteiger partial charge is 0.394 e. The Balaban J connectivity index is 2.59. The molecule has 2 aromatic rings. The maximum Gasteiger partial charge on any atom is 0.159 e. The molecular formula is C13H17N3O. The fraction of sp³-hybridized carbons (Fsp3) is 0.385. The highest BCUT2D eigenvalue weighted by atomic mass is 16.3. The number of rotatable bonds is 3. The lowest BCUT2D eigenvalue weighted by molar-refractivity contribution is 0.270. The third-order valence-electron chi connectivity index (χ3n) is 3.11. The minimum atomic E-state index is 0.0235. The van der Waals surface area contributed by atoms with Crippen LogP contribution in [0.4, 0.5) is 5.82 Å². The number of aliphatic hydroxyl groups excluding tert-OH is 1. The molecule has 17 heavy (non-hydrogen) atoms. The molecular weight excluding hydrogens is 214 g/mol. The Morgan fingerprint density at radius 3 is 2.53 bits per heavy atom. The van der Waals surface area contributed by atoms with Crippen molar-refractivity contribution in [2.45, 2.75) is 19.9 Å². The lowest BCUT2D eigenvalue weighted by Crippen LogP contribution is -2.32. The smallest absolute Gasteiger partial charge is 0.159 e. The number of hydrogen-bond donors (Lipinski definition) is 1. The van der Waals surface area contributed by atoms with Crippen LogP contribution in [-0.4, -0.2) is 35.0 Å². The zero-order valence-electron chi connectivity index (χ0n) is 10.4. The molecule has 0 bridgehead atoms. The molecule has 0 fully saturated rings. The highest BCUT2D eigenvalue weighted by Gasteiger charge is 2.14. The Morgan fingerprint density at radius 2 is 1.88 bits per heavy atom. The van der Waals surface area contributed by atoms with E-state index in [-0.39, 0.29) is 12.6 Å². The molecule has 0 aliphatic rings. The van der Waals surface area contributed by atoms with Crippen molar-refractivity contribution in [3.8, 4) is 0 Å². The number of benzene rings is 1. The van der Waals surface area contributed by atoms with E-state index in [0.717, 1.165) is 22.3 Å². The summed E-state index contributed by atoms with van der Waals surface area (Å²) in [5.41, 5.74) is 0.925. The molecule has 0 saturated carbocycles. The van der Waals surface area contributed by atoms with Crippen LogP contribution in [0.1, 0.15) is 12.6 Å². The number of fused-ring (bicyclic) bond motifs is 1. The molecule has 1 unspecified atom stereocenters. The summed E-state index contributed by atoms with van der Waals surface area (Å²) in [6, 6.07) is 8.09. The van der Waals surface area contributed by atoms with Gasteiger partial charge in [0.05, 0.1) is 18.3 Å². The number of aryl methyl sites for hydroxylation is 1. The SMILES string of the molecule is Cc1nnc(N(C)C(C)CO)c2ccccc12. The molecule has 0 saturated heterocycles. The fourth-order valence-electron chi connectivity index (χ4n) is 1.82. The van der Waals surface area contributed by atoms with Crippen molar-refractivity contribution in [1.29, 1.82) is 0 Å². The third kappa shape index (κ3) is 2.08. The summed E-state index contributed by atoms with van der Waals surface area (Å²) in [6.45, 7) is 4.01. The number of anilines is 1. The van der Waals surface area contributed by atoms with Crippen LogP contribution >= 0.6 is 0 Å². The summed E-state index contributed by atoms with van der Waals surface area (Å²) in [6.07, 6.45) is 0. The average molecular weight is 231 g/mol. The number of aliphatic hydroxyl groups is 1. The van der Waals surface area contributed by atoms with Gasteiger partial charge in [-0.3, -0.25) is 0 Å². The van der Waals surface area contributed by atoms with Gasteiger partial charge in [0.25, 0.3) is 0 Å². The molecule has 0 amide bonds. The second-order valence-electron chi connectivity index (χ2n) is 4.30. The Hall–Kier alpha value is -1.68. The van der Waals surface area contributed by atoms with Crippen LogP contribution in [0.25, 0.3) is 10.8 Å². The zero-order valence-corrected chi connectivity index (χ0v) is 10.4. The minimum Gasteiger partial charge on any atom is -0.394 e. The van der Waals surface area contributed by atoms with Gasteiger partial charge in [0.1, 0.15) is 0 Å². The van der Waals surface area contributed by atoms with Crippen molar-refractivity contribution in [2.75, 3.05) is 18.6 Å². The first kappa shape index (κ1) is 11.8. The Morgan fingerprint density at radius 1 is 1.24 bits per heavy atom. The minimum absolute atomic E-state index is 0.0235. The summed E-state index contributed by atoms with van der Waals surface area (Å²) in [4.78, 5) is 1.95. The number of nitrogens with zero attached hydrogens (tertiary/aromatic N) is 3. The van der Waals surface area contributed by atoms with Crippen LogP contribution < -0.4 is 4.90 Å². The van der Waals surface area contributed by atoms with Crippen LogP contribution in [0.2, 0.25) is 0 Å². The maximum absolute atomic E-state index is 9.20. The molecule has 4 nitrogen and oxygen atoms in total. The summed E-state index contributed by atoms with van der Waals surface area (Å²) in [7, 11) is 1.92. The molecule has 0 aliphatic heterocycles. The van der Waals surface area contributed by atoms with Crippen LogP contribution in [-0.2, 0) is 0 Å². The highest BCUT2D eigenvalue weighted by molar-refractivity contribution is 5.93. The van der Waals surface area contributed by atoms with Gasteiger partial charge in [-0.25, -0.2) is 0 Å². The number of likely N-dealkylation sites (N-methyl/N-ethyl adjacent to an activating group) is 1. The molecule has 4 heteroatoms. The Bertz CT molecular complexity index is 527. The predicted octanol–water partition coefficient (Wildman–Crippen LogP) is 1.76. The highest BCUT2D eigenvalue weighted by Crippen LogP contribution is 2.25. The first-order chi connectivity index (χ1) is 8.15. The van der Waals surface area contributed by atoms with E-state index in [1.807, 2.05) is 50.1 Å². The van der Waals surface area contributed by atoms with E-state index in [1.54, 1.807) is 0 Å². The molecule has 1 aromatic carbocycles. The molecule has 1 aromatic heterocycles. The van der Waals surface area contributed by atoms with Crippen molar-refractivity contribution in [2.24, 2.45) is 0 Å². The van der Waals surface area contributed by atoms with Gasteiger partial charge >= 0.3 is 0 Å². The van der Waals surface area contributed by atoms with Crippen LogP contribution in [0.3, 0.4) is 0 Å². The summed E-state index contributed by atoms with van der Waals surface area (Å²) in [5.74, 6) is 0.813. The second-order valence-corrected chi connectivity index (χ2v) is 4.30. The van der Waals surface area contributed by atoms with Gasteiger partial charge in [-0.15, -0.1) is 5.10 Å². The van der Waals surface area contributed by atoms with Crippen molar-refractivity contribution in [1.82, 2.24) is 10.2 Å². The first-order valence-corrected chi connectivity index (χ1v) is 5.71. The zero-order chi connectivity index (χ0) is 12.4. The second kappa shape index (κ2) is 4.67. The molecule has 0 aliphatic carbocycles. The van der Waals surface area contributed by atoms with E-state index in [0.29, 0.717) is 0 Å². The van der Waals surface area contributed by atoms with Gasteiger partial charge in [0.2, 0.25) is 0 Å². The lowest BCUT2D eigenvalue weighted by atomic mass is 10.1. The van der Waals surface area contributed by atoms with Crippen molar-refractivity contribution in [3.05, 3.63) is 30.0 Å². The van der Waals surface area contributed by atoms with Crippen LogP contribution in [0.5, 0.6) is 0 Å². The fourth-order valence-corrected chi connectivity index (χ4v) is 1.82. The van der Waals surface area contributed by atoms with Crippen molar-refractivity contribution >= 4 is 16.6 Å². The standard InChI is InChI=1S/C13H17N3O/c1-9(8-17)16(3)13-12-7-5-4-6-11(12)10(2)14-15-13/h4-7,9,17H,8H2,1-3H3. The van der Waals surface area contributed by atoms with E-state index in [1.165, 1.54) is 0 Å². The number of hydrogen-bond acceptors (Lipinski definition) is 4. The van der Waals surface area contributed by atoms with Crippen molar-refractivity contribution < 1.29 is 5.11 Å². The molecule has 0 spiro atoms. The van der Waals surface area contributed by atoms with E-state index in [4.69, 9.17) is 0 Å². The van der Waals surface area contributed by atoms with Gasteiger partial charge in [0, 0.05) is 17.8 Å². The maximum atomic E-state index is 9.20. The Labute approximate surface area is 101 Å². The van der Waals surface area contributed by atoms with Gasteiger partial charge < -0.3 is 10.0 Å². The molecule has 90 valence electrons. The average Bonchev–Trinajstić information content (AvgIpc) is 2.38. The molecule has 1 heterocycles. The molecule has 1 N–H and O–H groups in total. The van der Waals surface area contributed by atoms with Crippen LogP contribution in [0.15, 0.2) is 24.3 Å². The van der Waals surface area contributed by atoms with E-state index in [9.17, 15) is 5.11 Å². The summed E-state index contributed by atoms with van der Waals surface area (Å²) >= 11 is 0. The quantitative estimate of drug-likeness (QED) is 0.874. The lowest BCUT2D eigenvalue weighted by Gasteiger charge is -2.25.